The zero-order valence-electron chi connectivity index (χ0n) is 13.8. The third kappa shape index (κ3) is 3.95. The average Bonchev–Trinajstić information content (AvgIpc) is 3.01. The Morgan fingerprint density at radius 1 is 1.33 bits per heavy atom. The normalized spacial score (nSPS) is 21.0. The van der Waals surface area contributed by atoms with Crippen LogP contribution in [0.15, 0.2) is 29.4 Å². The van der Waals surface area contributed by atoms with E-state index in [1.54, 1.807) is 18.2 Å². The van der Waals surface area contributed by atoms with Crippen LogP contribution in [0.3, 0.4) is 0 Å². The number of carbonyl (C=O) groups is 1. The average molecular weight is 348 g/mol. The van der Waals surface area contributed by atoms with Gasteiger partial charge in [-0.25, -0.2) is 9.37 Å². The predicted molar refractivity (Wildman–Crippen MR) is 92.0 cm³/mol. The van der Waals surface area contributed by atoms with E-state index in [0.29, 0.717) is 34.1 Å². The van der Waals surface area contributed by atoms with E-state index in [2.05, 4.69) is 29.0 Å². The van der Waals surface area contributed by atoms with Gasteiger partial charge in [-0.2, -0.15) is 0 Å². The van der Waals surface area contributed by atoms with Crippen LogP contribution in [0.4, 0.5) is 4.39 Å². The Balaban J connectivity index is 1.59. The molecular weight excluding hydrogens is 327 g/mol. The standard InChI is InChI=1S/C17H21FN4OS/c1-11-7-12(2)9-22(8-11)15(23)10-24-17-19-16(20-21-17)13-5-3-4-6-14(13)18/h3-6,11-12H,7-10H2,1-2H3,(H,19,20,21)/t11-,12+. The van der Waals surface area contributed by atoms with E-state index in [1.807, 2.05) is 4.90 Å². The minimum absolute atomic E-state index is 0.107. The third-order valence-electron chi connectivity index (χ3n) is 4.14. The van der Waals surface area contributed by atoms with Gasteiger partial charge in [0.25, 0.3) is 0 Å². The second-order valence-corrected chi connectivity index (χ2v) is 7.42. The van der Waals surface area contributed by atoms with E-state index in [1.165, 1.54) is 24.2 Å². The van der Waals surface area contributed by atoms with Gasteiger partial charge in [-0.3, -0.25) is 9.89 Å². The number of piperidine rings is 1. The highest BCUT2D eigenvalue weighted by Crippen LogP contribution is 2.24. The first-order valence-corrected chi connectivity index (χ1v) is 9.09. The van der Waals surface area contributed by atoms with Crippen LogP contribution in [0.25, 0.3) is 11.4 Å². The number of amides is 1. The van der Waals surface area contributed by atoms with Gasteiger partial charge in [0, 0.05) is 13.1 Å². The third-order valence-corrected chi connectivity index (χ3v) is 4.97. The van der Waals surface area contributed by atoms with Crippen molar-refractivity contribution < 1.29 is 9.18 Å². The summed E-state index contributed by atoms with van der Waals surface area (Å²) < 4.78 is 13.8. The van der Waals surface area contributed by atoms with E-state index >= 15 is 0 Å². The highest BCUT2D eigenvalue weighted by atomic mass is 32.2. The van der Waals surface area contributed by atoms with Gasteiger partial charge in [-0.1, -0.05) is 37.7 Å². The molecule has 2 aromatic rings. The number of hydrogen-bond donors (Lipinski definition) is 1. The lowest BCUT2D eigenvalue weighted by molar-refractivity contribution is -0.130. The molecule has 0 radical (unpaired) electrons. The molecule has 1 aromatic carbocycles. The predicted octanol–water partition coefficient (Wildman–Crippen LogP) is 3.21. The highest BCUT2D eigenvalue weighted by Gasteiger charge is 2.25. The monoisotopic (exact) mass is 348 g/mol. The molecule has 2 atom stereocenters. The topological polar surface area (TPSA) is 61.9 Å². The van der Waals surface area contributed by atoms with E-state index < -0.39 is 0 Å². The fourth-order valence-electron chi connectivity index (χ4n) is 3.17. The first-order chi connectivity index (χ1) is 11.5. The van der Waals surface area contributed by atoms with Gasteiger partial charge in [-0.15, -0.1) is 5.10 Å². The Hall–Kier alpha value is -1.89. The minimum atomic E-state index is -0.349. The van der Waals surface area contributed by atoms with Crippen LogP contribution in [0.1, 0.15) is 20.3 Å². The Labute approximate surface area is 145 Å². The van der Waals surface area contributed by atoms with Gasteiger partial charge in [0.1, 0.15) is 5.82 Å². The number of likely N-dealkylation sites (tertiary alicyclic amines) is 1. The van der Waals surface area contributed by atoms with Crippen molar-refractivity contribution >= 4 is 17.7 Å². The van der Waals surface area contributed by atoms with Crippen molar-refractivity contribution in [2.75, 3.05) is 18.8 Å². The Morgan fingerprint density at radius 2 is 2.04 bits per heavy atom. The number of thioether (sulfide) groups is 1. The van der Waals surface area contributed by atoms with Gasteiger partial charge in [0.2, 0.25) is 11.1 Å². The summed E-state index contributed by atoms with van der Waals surface area (Å²) in [6.45, 7) is 5.99. The van der Waals surface area contributed by atoms with Crippen LogP contribution in [-0.4, -0.2) is 44.8 Å². The quantitative estimate of drug-likeness (QED) is 0.862. The zero-order chi connectivity index (χ0) is 17.1. The molecule has 1 saturated heterocycles. The number of hydrogen-bond acceptors (Lipinski definition) is 4. The lowest BCUT2D eigenvalue weighted by Gasteiger charge is -2.34. The molecule has 5 nitrogen and oxygen atoms in total. The van der Waals surface area contributed by atoms with Crippen LogP contribution in [-0.2, 0) is 4.79 Å². The lowest BCUT2D eigenvalue weighted by Crippen LogP contribution is -2.43. The number of aromatic nitrogens is 3. The molecule has 0 aliphatic carbocycles. The van der Waals surface area contributed by atoms with E-state index in [0.717, 1.165) is 13.1 Å². The number of nitrogens with zero attached hydrogens (tertiary/aromatic N) is 3. The van der Waals surface area contributed by atoms with E-state index in [9.17, 15) is 9.18 Å². The van der Waals surface area contributed by atoms with Gasteiger partial charge in [0.05, 0.1) is 11.3 Å². The maximum Gasteiger partial charge on any atom is 0.233 e. The molecule has 7 heteroatoms. The fraction of sp³-hybridized carbons (Fsp3) is 0.471. The molecule has 1 aliphatic rings. The molecule has 3 rings (SSSR count). The summed E-state index contributed by atoms with van der Waals surface area (Å²) >= 11 is 1.28. The number of H-pyrrole nitrogens is 1. The van der Waals surface area contributed by atoms with Crippen molar-refractivity contribution in [3.63, 3.8) is 0 Å². The molecule has 0 saturated carbocycles. The van der Waals surface area contributed by atoms with Crippen LogP contribution in [0.2, 0.25) is 0 Å². The first-order valence-electron chi connectivity index (χ1n) is 8.10. The van der Waals surface area contributed by atoms with Gasteiger partial charge in [-0.05, 0) is 30.4 Å². The first kappa shape index (κ1) is 17.0. The van der Waals surface area contributed by atoms with Crippen molar-refractivity contribution in [3.8, 4) is 11.4 Å². The lowest BCUT2D eigenvalue weighted by atomic mass is 9.92. The van der Waals surface area contributed by atoms with Crippen molar-refractivity contribution in [2.24, 2.45) is 11.8 Å². The summed E-state index contributed by atoms with van der Waals surface area (Å²) in [6.07, 6.45) is 1.17. The smallest absolute Gasteiger partial charge is 0.233 e. The van der Waals surface area contributed by atoms with Crippen molar-refractivity contribution in [3.05, 3.63) is 30.1 Å². The molecule has 0 unspecified atom stereocenters. The van der Waals surface area contributed by atoms with Crippen molar-refractivity contribution in [2.45, 2.75) is 25.4 Å². The maximum absolute atomic E-state index is 13.8. The van der Waals surface area contributed by atoms with Gasteiger partial charge in [0.15, 0.2) is 5.82 Å². The number of aromatic amines is 1. The summed E-state index contributed by atoms with van der Waals surface area (Å²) in [5, 5.41) is 7.26. The number of rotatable bonds is 4. The van der Waals surface area contributed by atoms with Crippen molar-refractivity contribution in [1.82, 2.24) is 20.1 Å². The number of carbonyl (C=O) groups excluding carboxylic acids is 1. The second-order valence-electron chi connectivity index (χ2n) is 6.48. The Morgan fingerprint density at radius 3 is 2.75 bits per heavy atom. The molecule has 1 aromatic heterocycles. The molecule has 0 spiro atoms. The molecule has 128 valence electrons. The van der Waals surface area contributed by atoms with Gasteiger partial charge >= 0.3 is 0 Å². The number of benzene rings is 1. The van der Waals surface area contributed by atoms with Crippen LogP contribution >= 0.6 is 11.8 Å². The fourth-order valence-corrected chi connectivity index (χ4v) is 3.87. The summed E-state index contributed by atoms with van der Waals surface area (Å²) in [7, 11) is 0. The molecule has 24 heavy (non-hydrogen) atoms. The number of halogens is 1. The number of nitrogens with one attached hydrogen (secondary N) is 1. The summed E-state index contributed by atoms with van der Waals surface area (Å²) in [5.74, 6) is 1.52. The minimum Gasteiger partial charge on any atom is -0.341 e. The molecule has 0 bridgehead atoms. The Bertz CT molecular complexity index is 710. The molecular formula is C17H21FN4OS. The second kappa shape index (κ2) is 7.34. The molecule has 1 aliphatic heterocycles. The highest BCUT2D eigenvalue weighted by molar-refractivity contribution is 7.99. The van der Waals surface area contributed by atoms with Crippen LogP contribution in [0.5, 0.6) is 0 Å². The SMILES string of the molecule is C[C@@H]1C[C@H](C)CN(C(=O)CSc2n[nH]c(-c3ccccc3F)n2)C1. The van der Waals surface area contributed by atoms with E-state index in [4.69, 9.17) is 0 Å². The van der Waals surface area contributed by atoms with Gasteiger partial charge < -0.3 is 4.90 Å². The Kier molecular flexibility index (Phi) is 5.18. The molecule has 2 heterocycles. The molecule has 1 amide bonds. The summed E-state index contributed by atoms with van der Waals surface area (Å²) in [4.78, 5) is 18.6. The largest absolute Gasteiger partial charge is 0.341 e. The van der Waals surface area contributed by atoms with E-state index in [-0.39, 0.29) is 11.7 Å². The summed E-state index contributed by atoms with van der Waals surface area (Å²) in [6, 6.07) is 6.40. The molecule has 1 N–H and O–H groups in total. The van der Waals surface area contributed by atoms with Crippen LogP contribution < -0.4 is 0 Å². The molecule has 1 fully saturated rings. The maximum atomic E-state index is 13.8. The summed E-state index contributed by atoms with van der Waals surface area (Å²) in [5.41, 5.74) is 0.377. The zero-order valence-corrected chi connectivity index (χ0v) is 14.6. The van der Waals surface area contributed by atoms with Crippen molar-refractivity contribution in [1.29, 1.82) is 0 Å². The van der Waals surface area contributed by atoms with Crippen LogP contribution in [0, 0.1) is 17.7 Å².